The summed E-state index contributed by atoms with van der Waals surface area (Å²) in [6, 6.07) is 6.71. The van der Waals surface area contributed by atoms with Gasteiger partial charge in [0.15, 0.2) is 0 Å². The van der Waals surface area contributed by atoms with Crippen LogP contribution in [0.25, 0.3) is 0 Å². The molecule has 0 amide bonds. The second kappa shape index (κ2) is 5.64. The normalized spacial score (nSPS) is 14.2. The summed E-state index contributed by atoms with van der Waals surface area (Å²) in [6.45, 7) is 5.11. The lowest BCUT2D eigenvalue weighted by atomic mass is 10.3. The summed E-state index contributed by atoms with van der Waals surface area (Å²) in [6.07, 6.45) is 2.49. The van der Waals surface area contributed by atoms with Gasteiger partial charge in [-0.15, -0.1) is 0 Å². The Labute approximate surface area is 106 Å². The van der Waals surface area contributed by atoms with Gasteiger partial charge in [0.25, 0.3) is 5.69 Å². The van der Waals surface area contributed by atoms with Crippen molar-refractivity contribution in [3.05, 3.63) is 46.5 Å². The first kappa shape index (κ1) is 12.6. The lowest BCUT2D eigenvalue weighted by molar-refractivity contribution is -0.384. The van der Waals surface area contributed by atoms with Crippen molar-refractivity contribution in [3.8, 4) is 5.75 Å². The number of nitrogens with one attached hydrogen (secondary N) is 1. The van der Waals surface area contributed by atoms with Crippen LogP contribution in [0.1, 0.15) is 12.8 Å². The van der Waals surface area contributed by atoms with E-state index in [2.05, 4.69) is 11.9 Å². The maximum atomic E-state index is 10.5. The summed E-state index contributed by atoms with van der Waals surface area (Å²) in [5.74, 6) is 0.619. The van der Waals surface area contributed by atoms with E-state index in [1.807, 2.05) is 0 Å². The second-order valence-corrected chi connectivity index (χ2v) is 4.44. The largest absolute Gasteiger partial charge is 0.489 e. The molecule has 0 spiro atoms. The van der Waals surface area contributed by atoms with Gasteiger partial charge in [-0.25, -0.2) is 0 Å². The minimum atomic E-state index is -0.428. The van der Waals surface area contributed by atoms with Gasteiger partial charge in [-0.3, -0.25) is 10.1 Å². The molecule has 1 aliphatic carbocycles. The number of rotatable bonds is 7. The third kappa shape index (κ3) is 3.85. The Balaban J connectivity index is 1.74. The van der Waals surface area contributed by atoms with Gasteiger partial charge >= 0.3 is 0 Å². The van der Waals surface area contributed by atoms with Gasteiger partial charge in [0, 0.05) is 24.7 Å². The fourth-order valence-electron chi connectivity index (χ4n) is 1.48. The highest BCUT2D eigenvalue weighted by Crippen LogP contribution is 2.19. The zero-order chi connectivity index (χ0) is 13.0. The van der Waals surface area contributed by atoms with Crippen molar-refractivity contribution in [1.29, 1.82) is 0 Å². The van der Waals surface area contributed by atoms with E-state index in [4.69, 9.17) is 4.74 Å². The van der Waals surface area contributed by atoms with Crippen LogP contribution in [0.2, 0.25) is 0 Å². The van der Waals surface area contributed by atoms with Crippen molar-refractivity contribution in [2.45, 2.75) is 18.9 Å². The molecule has 5 nitrogen and oxygen atoms in total. The predicted octanol–water partition coefficient (Wildman–Crippen LogP) is 2.28. The van der Waals surface area contributed by atoms with E-state index < -0.39 is 4.92 Å². The number of ether oxygens (including phenoxy) is 1. The molecule has 18 heavy (non-hydrogen) atoms. The van der Waals surface area contributed by atoms with Crippen LogP contribution in [-0.2, 0) is 0 Å². The van der Waals surface area contributed by atoms with Crippen LogP contribution >= 0.6 is 0 Å². The van der Waals surface area contributed by atoms with Gasteiger partial charge in [-0.1, -0.05) is 6.58 Å². The first-order valence-corrected chi connectivity index (χ1v) is 5.92. The van der Waals surface area contributed by atoms with Crippen LogP contribution in [0.5, 0.6) is 5.75 Å². The lowest BCUT2D eigenvalue weighted by Gasteiger charge is -2.09. The van der Waals surface area contributed by atoms with E-state index in [1.54, 1.807) is 12.1 Å². The van der Waals surface area contributed by atoms with Gasteiger partial charge in [-0.2, -0.15) is 0 Å². The zero-order valence-electron chi connectivity index (χ0n) is 10.1. The Kier molecular flexibility index (Phi) is 3.94. The maximum Gasteiger partial charge on any atom is 0.269 e. The van der Waals surface area contributed by atoms with Gasteiger partial charge < -0.3 is 10.1 Å². The van der Waals surface area contributed by atoms with Crippen LogP contribution < -0.4 is 10.1 Å². The fraction of sp³-hybridized carbons (Fsp3) is 0.385. The van der Waals surface area contributed by atoms with Gasteiger partial charge in [0.2, 0.25) is 0 Å². The van der Waals surface area contributed by atoms with Crippen molar-refractivity contribution in [2.75, 3.05) is 13.2 Å². The standard InChI is InChI=1S/C13H16N2O3/c1-10(8-14-11-2-3-11)9-18-13-6-4-12(5-7-13)15(16)17/h4-7,11,14H,1-3,8-9H2. The molecule has 0 radical (unpaired) electrons. The number of hydrogen-bond donors (Lipinski definition) is 1. The van der Waals surface area contributed by atoms with Crippen LogP contribution in [0, 0.1) is 10.1 Å². The highest BCUT2D eigenvalue weighted by atomic mass is 16.6. The monoisotopic (exact) mass is 248 g/mol. The van der Waals surface area contributed by atoms with Crippen LogP contribution in [-0.4, -0.2) is 24.1 Å². The van der Waals surface area contributed by atoms with Crippen LogP contribution in [0.15, 0.2) is 36.4 Å². The molecule has 2 rings (SSSR count). The van der Waals surface area contributed by atoms with Crippen molar-refractivity contribution in [2.24, 2.45) is 0 Å². The fourth-order valence-corrected chi connectivity index (χ4v) is 1.48. The van der Waals surface area contributed by atoms with Crippen molar-refractivity contribution < 1.29 is 9.66 Å². The molecule has 5 heteroatoms. The summed E-state index contributed by atoms with van der Waals surface area (Å²) in [5, 5.41) is 13.8. The number of non-ortho nitro benzene ring substituents is 1. The molecule has 1 N–H and O–H groups in total. The summed E-state index contributed by atoms with van der Waals surface area (Å²) in [5.41, 5.74) is 1.04. The SMILES string of the molecule is C=C(CNC1CC1)COc1ccc([N+](=O)[O-])cc1. The van der Waals surface area contributed by atoms with E-state index in [0.717, 1.165) is 12.1 Å². The third-order valence-electron chi connectivity index (χ3n) is 2.71. The smallest absolute Gasteiger partial charge is 0.269 e. The minimum Gasteiger partial charge on any atom is -0.489 e. The first-order valence-electron chi connectivity index (χ1n) is 5.92. The second-order valence-electron chi connectivity index (χ2n) is 4.44. The average Bonchev–Trinajstić information content (AvgIpc) is 3.18. The van der Waals surface area contributed by atoms with E-state index in [-0.39, 0.29) is 5.69 Å². The lowest BCUT2D eigenvalue weighted by Crippen LogP contribution is -2.21. The number of benzene rings is 1. The first-order chi connectivity index (χ1) is 8.65. The Morgan fingerprint density at radius 1 is 1.44 bits per heavy atom. The molecule has 1 aromatic rings. The molecule has 1 aliphatic rings. The topological polar surface area (TPSA) is 64.4 Å². The maximum absolute atomic E-state index is 10.5. The van der Waals surface area contributed by atoms with E-state index in [1.165, 1.54) is 25.0 Å². The Hall–Kier alpha value is -1.88. The molecular weight excluding hydrogens is 232 g/mol. The number of nitrogens with zero attached hydrogens (tertiary/aromatic N) is 1. The molecular formula is C13H16N2O3. The zero-order valence-corrected chi connectivity index (χ0v) is 10.1. The molecule has 1 saturated carbocycles. The molecule has 0 unspecified atom stereocenters. The molecule has 1 fully saturated rings. The van der Waals surface area contributed by atoms with E-state index in [0.29, 0.717) is 18.4 Å². The highest BCUT2D eigenvalue weighted by Gasteiger charge is 2.20. The van der Waals surface area contributed by atoms with Crippen LogP contribution in [0.4, 0.5) is 5.69 Å². The molecule has 1 aromatic carbocycles. The van der Waals surface area contributed by atoms with Gasteiger partial charge in [-0.05, 0) is 30.5 Å². The number of nitro benzene ring substituents is 1. The summed E-state index contributed by atoms with van der Waals surface area (Å²) >= 11 is 0. The van der Waals surface area contributed by atoms with Gasteiger partial charge in [0.1, 0.15) is 12.4 Å². The summed E-state index contributed by atoms with van der Waals surface area (Å²) in [7, 11) is 0. The van der Waals surface area contributed by atoms with Crippen LogP contribution in [0.3, 0.4) is 0 Å². The highest BCUT2D eigenvalue weighted by molar-refractivity contribution is 5.36. The Morgan fingerprint density at radius 3 is 2.67 bits per heavy atom. The average molecular weight is 248 g/mol. The van der Waals surface area contributed by atoms with Crippen molar-refractivity contribution in [3.63, 3.8) is 0 Å². The molecule has 0 aromatic heterocycles. The summed E-state index contributed by atoms with van der Waals surface area (Å²) < 4.78 is 5.49. The minimum absolute atomic E-state index is 0.0663. The van der Waals surface area contributed by atoms with E-state index >= 15 is 0 Å². The molecule has 0 aliphatic heterocycles. The Bertz CT molecular complexity index is 438. The van der Waals surface area contributed by atoms with E-state index in [9.17, 15) is 10.1 Å². The summed E-state index contributed by atoms with van der Waals surface area (Å²) in [4.78, 5) is 10.0. The molecule has 0 bridgehead atoms. The Morgan fingerprint density at radius 2 is 2.11 bits per heavy atom. The van der Waals surface area contributed by atoms with Crippen molar-refractivity contribution in [1.82, 2.24) is 5.32 Å². The van der Waals surface area contributed by atoms with Gasteiger partial charge in [0.05, 0.1) is 4.92 Å². The number of nitro groups is 1. The predicted molar refractivity (Wildman–Crippen MR) is 68.8 cm³/mol. The quantitative estimate of drug-likeness (QED) is 0.457. The molecule has 96 valence electrons. The molecule has 0 heterocycles. The molecule has 0 atom stereocenters. The number of hydrogen-bond acceptors (Lipinski definition) is 4. The third-order valence-corrected chi connectivity index (χ3v) is 2.71. The van der Waals surface area contributed by atoms with Crippen molar-refractivity contribution >= 4 is 5.69 Å². The molecule has 0 saturated heterocycles.